The molecular weight excluding hydrogens is 311 g/mol. The zero-order chi connectivity index (χ0) is 15.1. The van der Waals surface area contributed by atoms with Crippen LogP contribution in [0.1, 0.15) is 16.1 Å². The summed E-state index contributed by atoms with van der Waals surface area (Å²) in [5.74, 6) is -1.05. The summed E-state index contributed by atoms with van der Waals surface area (Å²) in [6.45, 7) is 1.89. The number of pyridine rings is 1. The third kappa shape index (κ3) is 2.37. The number of carboxylic acid groups (broad SMARTS) is 1. The Labute approximate surface area is 130 Å². The fraction of sp³-hybridized carbons (Fsp3) is 0.0667. The molecule has 0 fully saturated rings. The van der Waals surface area contributed by atoms with Crippen molar-refractivity contribution in [2.24, 2.45) is 0 Å². The first kappa shape index (κ1) is 13.9. The Bertz CT molecular complexity index is 871. The van der Waals surface area contributed by atoms with Crippen LogP contribution < -0.4 is 0 Å². The number of hydrogen-bond donors (Lipinski definition) is 1. The van der Waals surface area contributed by atoms with Crippen molar-refractivity contribution in [2.75, 3.05) is 0 Å². The molecule has 0 unspecified atom stereocenters. The molecule has 0 atom stereocenters. The molecule has 0 spiro atoms. The van der Waals surface area contributed by atoms with Crippen LogP contribution in [0.3, 0.4) is 0 Å². The van der Waals surface area contributed by atoms with Crippen LogP contribution in [0, 0.1) is 6.92 Å². The van der Waals surface area contributed by atoms with Gasteiger partial charge in [-0.25, -0.2) is 9.78 Å². The molecule has 3 rings (SSSR count). The highest BCUT2D eigenvalue weighted by molar-refractivity contribution is 6.42. The van der Waals surface area contributed by atoms with Crippen molar-refractivity contribution in [3.63, 3.8) is 0 Å². The van der Waals surface area contributed by atoms with Gasteiger partial charge in [0.2, 0.25) is 0 Å². The summed E-state index contributed by atoms with van der Waals surface area (Å²) in [5, 5.41) is 10.3. The molecule has 0 bridgehead atoms. The standard InChI is InChI=1S/C15H10Cl2N2O2/c1-8-2-5-12-18-13(14(15(20)21)19(12)7-8)9-3-4-10(16)11(17)6-9/h2-7H,1H3,(H,20,21). The van der Waals surface area contributed by atoms with Crippen molar-refractivity contribution in [1.82, 2.24) is 9.38 Å². The average Bonchev–Trinajstić information content (AvgIpc) is 2.80. The normalized spacial score (nSPS) is 11.0. The maximum Gasteiger partial charge on any atom is 0.355 e. The number of carbonyl (C=O) groups is 1. The molecule has 106 valence electrons. The van der Waals surface area contributed by atoms with Crippen LogP contribution in [0.15, 0.2) is 36.5 Å². The Balaban J connectivity index is 2.33. The van der Waals surface area contributed by atoms with Gasteiger partial charge in [-0.3, -0.25) is 4.40 Å². The maximum absolute atomic E-state index is 11.6. The van der Waals surface area contributed by atoms with E-state index in [-0.39, 0.29) is 5.69 Å². The quantitative estimate of drug-likeness (QED) is 0.765. The Morgan fingerprint density at radius 1 is 1.19 bits per heavy atom. The summed E-state index contributed by atoms with van der Waals surface area (Å²) in [4.78, 5) is 16.0. The Hall–Kier alpha value is -2.04. The second-order valence-corrected chi connectivity index (χ2v) is 5.49. The molecule has 0 aliphatic rings. The number of nitrogens with zero attached hydrogens (tertiary/aromatic N) is 2. The van der Waals surface area contributed by atoms with Gasteiger partial charge in [0.05, 0.1) is 10.0 Å². The van der Waals surface area contributed by atoms with Gasteiger partial charge in [-0.1, -0.05) is 35.3 Å². The van der Waals surface area contributed by atoms with E-state index in [2.05, 4.69) is 4.98 Å². The predicted octanol–water partition coefficient (Wildman–Crippen LogP) is 4.31. The monoisotopic (exact) mass is 320 g/mol. The van der Waals surface area contributed by atoms with E-state index in [0.29, 0.717) is 26.9 Å². The molecule has 1 N–H and O–H groups in total. The predicted molar refractivity (Wildman–Crippen MR) is 82.3 cm³/mol. The number of imidazole rings is 1. The first-order valence-electron chi connectivity index (χ1n) is 6.15. The lowest BCUT2D eigenvalue weighted by Crippen LogP contribution is -2.03. The molecule has 2 heterocycles. The summed E-state index contributed by atoms with van der Waals surface area (Å²) < 4.78 is 1.56. The third-order valence-corrected chi connectivity index (χ3v) is 3.90. The summed E-state index contributed by atoms with van der Waals surface area (Å²) in [6.07, 6.45) is 1.74. The largest absolute Gasteiger partial charge is 0.476 e. The van der Waals surface area contributed by atoms with Crippen molar-refractivity contribution >= 4 is 34.8 Å². The van der Waals surface area contributed by atoms with E-state index >= 15 is 0 Å². The second-order valence-electron chi connectivity index (χ2n) is 4.68. The van der Waals surface area contributed by atoms with Gasteiger partial charge in [-0.05, 0) is 30.7 Å². The Kier molecular flexibility index (Phi) is 3.35. The first-order chi connectivity index (χ1) is 9.97. The molecule has 3 aromatic rings. The molecule has 2 aromatic heterocycles. The summed E-state index contributed by atoms with van der Waals surface area (Å²) in [7, 11) is 0. The second kappa shape index (κ2) is 5.06. The number of hydrogen-bond acceptors (Lipinski definition) is 2. The van der Waals surface area contributed by atoms with Gasteiger partial charge in [-0.15, -0.1) is 0 Å². The Morgan fingerprint density at radius 2 is 1.95 bits per heavy atom. The smallest absolute Gasteiger partial charge is 0.355 e. The van der Waals surface area contributed by atoms with Crippen LogP contribution >= 0.6 is 23.2 Å². The number of aromatic carboxylic acids is 1. The number of aromatic nitrogens is 2. The molecular formula is C15H10Cl2N2O2. The minimum Gasteiger partial charge on any atom is -0.476 e. The lowest BCUT2D eigenvalue weighted by Gasteiger charge is -2.02. The van der Waals surface area contributed by atoms with Gasteiger partial charge in [-0.2, -0.15) is 0 Å². The van der Waals surface area contributed by atoms with Crippen LogP contribution in [0.5, 0.6) is 0 Å². The van der Waals surface area contributed by atoms with Crippen molar-refractivity contribution in [3.05, 3.63) is 57.8 Å². The van der Waals surface area contributed by atoms with Crippen LogP contribution in [-0.4, -0.2) is 20.5 Å². The molecule has 4 nitrogen and oxygen atoms in total. The number of fused-ring (bicyclic) bond motifs is 1. The van der Waals surface area contributed by atoms with Gasteiger partial charge >= 0.3 is 5.97 Å². The van der Waals surface area contributed by atoms with E-state index in [0.717, 1.165) is 5.56 Å². The first-order valence-corrected chi connectivity index (χ1v) is 6.90. The fourth-order valence-electron chi connectivity index (χ4n) is 2.20. The highest BCUT2D eigenvalue weighted by Crippen LogP contribution is 2.30. The molecule has 6 heteroatoms. The number of rotatable bonds is 2. The lowest BCUT2D eigenvalue weighted by atomic mass is 10.1. The third-order valence-electron chi connectivity index (χ3n) is 3.16. The molecule has 0 saturated heterocycles. The molecule has 0 aliphatic heterocycles. The van der Waals surface area contributed by atoms with Crippen LogP contribution in [0.2, 0.25) is 10.0 Å². The molecule has 1 aromatic carbocycles. The topological polar surface area (TPSA) is 54.6 Å². The average molecular weight is 321 g/mol. The van der Waals surface area contributed by atoms with Gasteiger partial charge in [0.15, 0.2) is 5.69 Å². The van der Waals surface area contributed by atoms with E-state index in [4.69, 9.17) is 23.2 Å². The molecule has 21 heavy (non-hydrogen) atoms. The lowest BCUT2D eigenvalue weighted by molar-refractivity contribution is 0.0690. The van der Waals surface area contributed by atoms with E-state index in [1.54, 1.807) is 34.9 Å². The van der Waals surface area contributed by atoms with E-state index in [9.17, 15) is 9.90 Å². The summed E-state index contributed by atoms with van der Waals surface area (Å²) in [6, 6.07) is 8.61. The SMILES string of the molecule is Cc1ccc2nc(-c3ccc(Cl)c(Cl)c3)c(C(=O)O)n2c1. The van der Waals surface area contributed by atoms with Crippen molar-refractivity contribution in [2.45, 2.75) is 6.92 Å². The van der Waals surface area contributed by atoms with Gasteiger partial charge in [0.1, 0.15) is 11.3 Å². The summed E-state index contributed by atoms with van der Waals surface area (Å²) >= 11 is 11.9. The van der Waals surface area contributed by atoms with Crippen molar-refractivity contribution in [1.29, 1.82) is 0 Å². The zero-order valence-corrected chi connectivity index (χ0v) is 12.5. The minimum atomic E-state index is -1.05. The summed E-state index contributed by atoms with van der Waals surface area (Å²) in [5.41, 5.74) is 2.60. The number of carboxylic acids is 1. The zero-order valence-electron chi connectivity index (χ0n) is 11.0. The van der Waals surface area contributed by atoms with E-state index in [1.165, 1.54) is 0 Å². The van der Waals surface area contributed by atoms with Gasteiger partial charge in [0.25, 0.3) is 0 Å². The van der Waals surface area contributed by atoms with Crippen molar-refractivity contribution < 1.29 is 9.90 Å². The maximum atomic E-state index is 11.6. The number of benzene rings is 1. The molecule has 0 aliphatic carbocycles. The van der Waals surface area contributed by atoms with Crippen LogP contribution in [0.25, 0.3) is 16.9 Å². The van der Waals surface area contributed by atoms with E-state index in [1.807, 2.05) is 13.0 Å². The molecule has 0 radical (unpaired) electrons. The molecule has 0 amide bonds. The number of halogens is 2. The Morgan fingerprint density at radius 3 is 2.62 bits per heavy atom. The fourth-order valence-corrected chi connectivity index (χ4v) is 2.50. The molecule has 0 saturated carbocycles. The minimum absolute atomic E-state index is 0.104. The highest BCUT2D eigenvalue weighted by atomic mass is 35.5. The van der Waals surface area contributed by atoms with Crippen LogP contribution in [-0.2, 0) is 0 Å². The van der Waals surface area contributed by atoms with Crippen molar-refractivity contribution in [3.8, 4) is 11.3 Å². The number of aryl methyl sites for hydroxylation is 1. The highest BCUT2D eigenvalue weighted by Gasteiger charge is 2.20. The van der Waals surface area contributed by atoms with Gasteiger partial charge in [0, 0.05) is 11.8 Å². The van der Waals surface area contributed by atoms with Gasteiger partial charge < -0.3 is 5.11 Å². The van der Waals surface area contributed by atoms with E-state index < -0.39 is 5.97 Å². The van der Waals surface area contributed by atoms with Crippen LogP contribution in [0.4, 0.5) is 0 Å².